The molecule has 4 aliphatic rings. The minimum Gasteiger partial charge on any atom is -0.406 e. The molecular weight excluding hydrogens is 505 g/mol. The molecule has 0 N–H and O–H groups in total. The Balaban J connectivity index is 0.000000223. The van der Waals surface area contributed by atoms with Gasteiger partial charge in [0.1, 0.15) is 5.75 Å². The van der Waals surface area contributed by atoms with Crippen LogP contribution in [0.25, 0.3) is 0 Å². The topological polar surface area (TPSA) is 9.23 Å². The summed E-state index contributed by atoms with van der Waals surface area (Å²) in [6.45, 7) is 11.8. The monoisotopic (exact) mass is 564 g/mol. The van der Waals surface area contributed by atoms with Crippen LogP contribution in [0.1, 0.15) is 149 Å². The van der Waals surface area contributed by atoms with Crippen LogP contribution in [0.15, 0.2) is 24.3 Å². The highest BCUT2D eigenvalue weighted by Crippen LogP contribution is 2.44. The molecule has 4 heteroatoms. The Kier molecular flexibility index (Phi) is 13.7. The van der Waals surface area contributed by atoms with Crippen molar-refractivity contribution in [1.29, 1.82) is 0 Å². The molecule has 0 heterocycles. The minimum atomic E-state index is -4.61. The summed E-state index contributed by atoms with van der Waals surface area (Å²) in [6, 6.07) is 6.48. The number of hydrogen-bond acceptors (Lipinski definition) is 1. The lowest BCUT2D eigenvalue weighted by atomic mass is 9.68. The van der Waals surface area contributed by atoms with Gasteiger partial charge in [0.15, 0.2) is 0 Å². The maximum Gasteiger partial charge on any atom is 0.573 e. The van der Waals surface area contributed by atoms with Crippen molar-refractivity contribution in [3.63, 3.8) is 0 Å². The number of ether oxygens (including phenoxy) is 1. The van der Waals surface area contributed by atoms with Crippen LogP contribution in [0.3, 0.4) is 0 Å². The van der Waals surface area contributed by atoms with E-state index in [9.17, 15) is 13.2 Å². The molecule has 0 amide bonds. The van der Waals surface area contributed by atoms with Crippen LogP contribution in [0.4, 0.5) is 13.2 Å². The van der Waals surface area contributed by atoms with E-state index < -0.39 is 6.36 Å². The first-order chi connectivity index (χ1) is 19.0. The number of hydrogen-bond donors (Lipinski definition) is 0. The molecule has 0 unspecified atom stereocenters. The molecule has 0 spiro atoms. The summed E-state index contributed by atoms with van der Waals surface area (Å²) in [4.78, 5) is 0. The Hall–Kier alpha value is -1.19. The molecule has 4 fully saturated rings. The van der Waals surface area contributed by atoms with Gasteiger partial charge < -0.3 is 4.74 Å². The largest absolute Gasteiger partial charge is 0.573 e. The lowest BCUT2D eigenvalue weighted by Crippen LogP contribution is -2.24. The molecule has 0 bridgehead atoms. The van der Waals surface area contributed by atoms with E-state index in [1.54, 1.807) is 12.1 Å². The fourth-order valence-electron chi connectivity index (χ4n) is 7.48. The Morgan fingerprint density at radius 2 is 0.775 bits per heavy atom. The molecule has 0 aliphatic heterocycles. The van der Waals surface area contributed by atoms with Gasteiger partial charge in [0.05, 0.1) is 0 Å². The second kappa shape index (κ2) is 16.4. The SMILES string of the molecule is CC1CCC(C)CC1.CC1CCC(C)CC1.CC1CCC(C2CCC(c3ccc(OC(F)(F)F)cc3)CC2)CC1. The summed E-state index contributed by atoms with van der Waals surface area (Å²) in [5.41, 5.74) is 1.15. The molecule has 4 aliphatic carbocycles. The quantitative estimate of drug-likeness (QED) is 0.355. The number of benzene rings is 1. The van der Waals surface area contributed by atoms with Crippen LogP contribution >= 0.6 is 0 Å². The maximum atomic E-state index is 12.2. The summed E-state index contributed by atoms with van der Waals surface area (Å²) >= 11 is 0. The molecule has 40 heavy (non-hydrogen) atoms. The smallest absolute Gasteiger partial charge is 0.406 e. The van der Waals surface area contributed by atoms with Crippen molar-refractivity contribution in [2.45, 2.75) is 150 Å². The zero-order valence-corrected chi connectivity index (χ0v) is 26.3. The highest BCUT2D eigenvalue weighted by Gasteiger charge is 2.32. The van der Waals surface area contributed by atoms with Crippen LogP contribution in [0.5, 0.6) is 5.75 Å². The van der Waals surface area contributed by atoms with Gasteiger partial charge in [-0.25, -0.2) is 0 Å². The zero-order valence-electron chi connectivity index (χ0n) is 26.3. The van der Waals surface area contributed by atoms with E-state index in [-0.39, 0.29) is 5.75 Å². The number of halogens is 3. The molecule has 0 radical (unpaired) electrons. The maximum absolute atomic E-state index is 12.2. The third-order valence-corrected chi connectivity index (χ3v) is 10.7. The molecule has 5 rings (SSSR count). The predicted molar refractivity (Wildman–Crippen MR) is 163 cm³/mol. The molecular formula is C36H59F3O. The average molecular weight is 565 g/mol. The second-order valence-electron chi connectivity index (χ2n) is 14.5. The standard InChI is InChI=1S/C20H27F3O.2C8H16/c1-14-2-4-15(5-3-14)16-6-8-17(9-7-16)18-10-12-19(13-11-18)24-20(21,22)23;2*1-7-3-5-8(2)6-4-7/h10-17H,2-9H2,1H3;2*7-8H,3-6H2,1-2H3. The van der Waals surface area contributed by atoms with E-state index in [0.717, 1.165) is 59.8 Å². The fraction of sp³-hybridized carbons (Fsp3) is 0.833. The highest BCUT2D eigenvalue weighted by molar-refractivity contribution is 5.29. The van der Waals surface area contributed by atoms with E-state index in [4.69, 9.17) is 0 Å². The zero-order chi connectivity index (χ0) is 29.1. The third kappa shape index (κ3) is 12.4. The third-order valence-electron chi connectivity index (χ3n) is 10.7. The van der Waals surface area contributed by atoms with Crippen molar-refractivity contribution >= 4 is 0 Å². The lowest BCUT2D eigenvalue weighted by Gasteiger charge is -2.37. The van der Waals surface area contributed by atoms with Crippen molar-refractivity contribution < 1.29 is 17.9 Å². The van der Waals surface area contributed by atoms with E-state index in [1.807, 2.05) is 0 Å². The van der Waals surface area contributed by atoms with Crippen molar-refractivity contribution in [2.24, 2.45) is 41.4 Å². The van der Waals surface area contributed by atoms with Crippen LogP contribution in [-0.4, -0.2) is 6.36 Å². The second-order valence-corrected chi connectivity index (χ2v) is 14.5. The van der Waals surface area contributed by atoms with Crippen LogP contribution in [0, 0.1) is 41.4 Å². The van der Waals surface area contributed by atoms with E-state index in [0.29, 0.717) is 5.92 Å². The molecule has 0 saturated heterocycles. The van der Waals surface area contributed by atoms with Crippen molar-refractivity contribution in [2.75, 3.05) is 0 Å². The van der Waals surface area contributed by atoms with Gasteiger partial charge >= 0.3 is 6.36 Å². The van der Waals surface area contributed by atoms with Gasteiger partial charge in [-0.05, 0) is 104 Å². The summed E-state index contributed by atoms with van der Waals surface area (Å²) in [5, 5.41) is 0. The summed E-state index contributed by atoms with van der Waals surface area (Å²) < 4.78 is 40.6. The molecule has 4 saturated carbocycles. The predicted octanol–water partition coefficient (Wildman–Crippen LogP) is 12.4. The van der Waals surface area contributed by atoms with E-state index >= 15 is 0 Å². The first kappa shape index (κ1) is 33.3. The normalized spacial score (nSPS) is 34.9. The van der Waals surface area contributed by atoms with Crippen LogP contribution in [0.2, 0.25) is 0 Å². The Labute approximate surface area is 244 Å². The summed E-state index contributed by atoms with van der Waals surface area (Å²) in [7, 11) is 0. The Bertz CT molecular complexity index is 746. The molecule has 0 aromatic heterocycles. The lowest BCUT2D eigenvalue weighted by molar-refractivity contribution is -0.274. The van der Waals surface area contributed by atoms with Gasteiger partial charge in [-0.1, -0.05) is 111 Å². The van der Waals surface area contributed by atoms with Crippen molar-refractivity contribution in [3.05, 3.63) is 29.8 Å². The molecule has 1 aromatic carbocycles. The first-order valence-electron chi connectivity index (χ1n) is 16.8. The van der Waals surface area contributed by atoms with E-state index in [1.165, 1.54) is 102 Å². The van der Waals surface area contributed by atoms with Crippen LogP contribution in [-0.2, 0) is 0 Å². The van der Waals surface area contributed by atoms with E-state index in [2.05, 4.69) is 39.4 Å². The molecule has 1 nitrogen and oxygen atoms in total. The van der Waals surface area contributed by atoms with Crippen molar-refractivity contribution in [1.82, 2.24) is 0 Å². The van der Waals surface area contributed by atoms with Gasteiger partial charge in [0, 0.05) is 0 Å². The first-order valence-corrected chi connectivity index (χ1v) is 16.8. The van der Waals surface area contributed by atoms with Gasteiger partial charge in [0.25, 0.3) is 0 Å². The number of alkyl halides is 3. The van der Waals surface area contributed by atoms with Gasteiger partial charge in [-0.3, -0.25) is 0 Å². The minimum absolute atomic E-state index is 0.128. The average Bonchev–Trinajstić information content (AvgIpc) is 2.93. The highest BCUT2D eigenvalue weighted by atomic mass is 19.4. The Morgan fingerprint density at radius 1 is 0.475 bits per heavy atom. The summed E-state index contributed by atoms with van der Waals surface area (Å²) in [5.74, 6) is 7.11. The summed E-state index contributed by atoms with van der Waals surface area (Å²) in [6.07, 6.45) is 17.6. The fourth-order valence-corrected chi connectivity index (χ4v) is 7.48. The Morgan fingerprint density at radius 3 is 1.10 bits per heavy atom. The molecule has 0 atom stereocenters. The molecule has 1 aromatic rings. The van der Waals surface area contributed by atoms with Crippen LogP contribution < -0.4 is 4.74 Å². The molecule has 230 valence electrons. The van der Waals surface area contributed by atoms with Gasteiger partial charge in [-0.15, -0.1) is 13.2 Å². The van der Waals surface area contributed by atoms with Crippen molar-refractivity contribution in [3.8, 4) is 5.75 Å². The number of rotatable bonds is 3. The van der Waals surface area contributed by atoms with Gasteiger partial charge in [-0.2, -0.15) is 0 Å². The van der Waals surface area contributed by atoms with Gasteiger partial charge in [0.2, 0.25) is 0 Å².